The minimum Gasteiger partial charge on any atom is -0.490 e. The summed E-state index contributed by atoms with van der Waals surface area (Å²) in [6.07, 6.45) is 5.72. The van der Waals surface area contributed by atoms with E-state index in [0.717, 1.165) is 37.0 Å². The first kappa shape index (κ1) is 18.7. The number of carbonyl (C=O) groups is 1. The lowest BCUT2D eigenvalue weighted by Gasteiger charge is -2.26. The maximum Gasteiger partial charge on any atom is 0.255 e. The summed E-state index contributed by atoms with van der Waals surface area (Å²) in [6.45, 7) is 1.26. The van der Waals surface area contributed by atoms with Crippen molar-refractivity contribution in [3.8, 4) is 22.8 Å². The lowest BCUT2D eigenvalue weighted by atomic mass is 9.87. The Hall–Kier alpha value is -3.28. The number of amides is 1. The Morgan fingerprint density at radius 2 is 1.93 bits per heavy atom. The Bertz CT molecular complexity index is 1090. The van der Waals surface area contributed by atoms with Crippen LogP contribution in [-0.4, -0.2) is 28.9 Å². The summed E-state index contributed by atoms with van der Waals surface area (Å²) < 4.78 is 13.2. The van der Waals surface area contributed by atoms with Crippen molar-refractivity contribution in [2.24, 2.45) is 7.05 Å². The highest BCUT2D eigenvalue weighted by Crippen LogP contribution is 2.35. The van der Waals surface area contributed by atoms with Gasteiger partial charge in [0.1, 0.15) is 5.69 Å². The van der Waals surface area contributed by atoms with E-state index in [1.807, 2.05) is 31.3 Å². The monoisotopic (exact) mass is 403 g/mol. The van der Waals surface area contributed by atoms with Gasteiger partial charge in [-0.1, -0.05) is 24.3 Å². The summed E-state index contributed by atoms with van der Waals surface area (Å²) in [5.74, 6) is 1.33. The van der Waals surface area contributed by atoms with Crippen LogP contribution >= 0.6 is 0 Å². The molecule has 154 valence electrons. The van der Waals surface area contributed by atoms with Gasteiger partial charge in [0, 0.05) is 25.2 Å². The summed E-state index contributed by atoms with van der Waals surface area (Å²) in [7, 11) is 1.83. The molecule has 1 aromatic heterocycles. The third kappa shape index (κ3) is 3.54. The molecule has 1 N–H and O–H groups in total. The van der Waals surface area contributed by atoms with E-state index >= 15 is 0 Å². The van der Waals surface area contributed by atoms with Gasteiger partial charge < -0.3 is 14.8 Å². The largest absolute Gasteiger partial charge is 0.490 e. The second-order valence-corrected chi connectivity index (χ2v) is 7.89. The fourth-order valence-corrected chi connectivity index (χ4v) is 4.32. The van der Waals surface area contributed by atoms with Gasteiger partial charge in [0.25, 0.3) is 5.91 Å². The van der Waals surface area contributed by atoms with Crippen LogP contribution in [0.15, 0.2) is 48.7 Å². The van der Waals surface area contributed by atoms with Gasteiger partial charge in [-0.05, 0) is 48.6 Å². The van der Waals surface area contributed by atoms with Crippen LogP contribution in [0, 0.1) is 0 Å². The average Bonchev–Trinajstić information content (AvgIpc) is 3.01. The fraction of sp³-hybridized carbons (Fsp3) is 0.333. The quantitative estimate of drug-likeness (QED) is 0.716. The van der Waals surface area contributed by atoms with Crippen molar-refractivity contribution >= 4 is 5.91 Å². The van der Waals surface area contributed by atoms with Crippen LogP contribution in [-0.2, 0) is 13.5 Å². The van der Waals surface area contributed by atoms with E-state index < -0.39 is 0 Å². The van der Waals surface area contributed by atoms with E-state index in [4.69, 9.17) is 9.47 Å². The highest BCUT2D eigenvalue weighted by atomic mass is 16.5. The first-order valence-corrected chi connectivity index (χ1v) is 10.5. The Morgan fingerprint density at radius 3 is 2.83 bits per heavy atom. The lowest BCUT2D eigenvalue weighted by molar-refractivity contribution is 0.0933. The molecular formula is C24H25N3O3. The first-order valence-electron chi connectivity index (χ1n) is 10.5. The van der Waals surface area contributed by atoms with Crippen LogP contribution in [0.3, 0.4) is 0 Å². The number of rotatable bonds is 3. The molecule has 0 spiro atoms. The second-order valence-electron chi connectivity index (χ2n) is 7.89. The Labute approximate surface area is 175 Å². The van der Waals surface area contributed by atoms with Crippen LogP contribution in [0.4, 0.5) is 0 Å². The van der Waals surface area contributed by atoms with Crippen molar-refractivity contribution < 1.29 is 14.3 Å². The number of aryl methyl sites for hydroxylation is 2. The molecule has 0 saturated heterocycles. The van der Waals surface area contributed by atoms with Gasteiger partial charge in [0.15, 0.2) is 11.5 Å². The van der Waals surface area contributed by atoms with Gasteiger partial charge in [-0.2, -0.15) is 5.10 Å². The molecule has 0 fully saturated rings. The molecule has 2 heterocycles. The third-order valence-electron chi connectivity index (χ3n) is 5.77. The molecule has 0 saturated carbocycles. The van der Waals surface area contributed by atoms with Gasteiger partial charge in [-0.25, -0.2) is 0 Å². The fourth-order valence-electron chi connectivity index (χ4n) is 4.32. The zero-order valence-electron chi connectivity index (χ0n) is 17.1. The van der Waals surface area contributed by atoms with Crippen molar-refractivity contribution in [2.75, 3.05) is 13.2 Å². The summed E-state index contributed by atoms with van der Waals surface area (Å²) >= 11 is 0. The molecule has 0 unspecified atom stereocenters. The van der Waals surface area contributed by atoms with Crippen LogP contribution in [0.2, 0.25) is 0 Å². The zero-order chi connectivity index (χ0) is 20.5. The smallest absolute Gasteiger partial charge is 0.255 e. The van der Waals surface area contributed by atoms with Crippen molar-refractivity contribution in [1.29, 1.82) is 0 Å². The van der Waals surface area contributed by atoms with Crippen LogP contribution in [0.1, 0.15) is 46.8 Å². The van der Waals surface area contributed by atoms with E-state index in [1.54, 1.807) is 10.9 Å². The molecule has 1 aliphatic carbocycles. The average molecular weight is 403 g/mol. The van der Waals surface area contributed by atoms with Crippen LogP contribution < -0.4 is 14.8 Å². The highest BCUT2D eigenvalue weighted by molar-refractivity contribution is 6.00. The number of fused-ring (bicyclic) bond motifs is 2. The second kappa shape index (κ2) is 7.86. The standard InChI is InChI=1S/C24H25N3O3/c1-27-15-19(24(28)25-20-9-4-7-16-6-2-3-8-18(16)20)23(26-27)17-10-11-21-22(14-17)30-13-5-12-29-21/h2-3,6,8,10-11,14-15,20H,4-5,7,9,12-13H2,1H3,(H,25,28)/t20-/m0/s1. The molecule has 0 radical (unpaired) electrons. The Morgan fingerprint density at radius 1 is 1.10 bits per heavy atom. The van der Waals surface area contributed by atoms with Gasteiger partial charge in [0.2, 0.25) is 0 Å². The van der Waals surface area contributed by atoms with Crippen molar-refractivity contribution in [1.82, 2.24) is 15.1 Å². The molecule has 2 aromatic carbocycles. The van der Waals surface area contributed by atoms with Crippen LogP contribution in [0.5, 0.6) is 11.5 Å². The number of benzene rings is 2. The summed E-state index contributed by atoms with van der Waals surface area (Å²) in [5, 5.41) is 7.81. The molecule has 5 rings (SSSR count). The molecule has 6 nitrogen and oxygen atoms in total. The molecule has 30 heavy (non-hydrogen) atoms. The first-order chi connectivity index (χ1) is 14.7. The summed E-state index contributed by atoms with van der Waals surface area (Å²) in [6, 6.07) is 14.1. The van der Waals surface area contributed by atoms with Crippen molar-refractivity contribution in [3.63, 3.8) is 0 Å². The predicted octanol–water partition coefficient (Wildman–Crippen LogP) is 4.06. The Balaban J connectivity index is 1.44. The van der Waals surface area contributed by atoms with E-state index in [9.17, 15) is 4.79 Å². The SMILES string of the molecule is Cn1cc(C(=O)N[C@H]2CCCc3ccccc32)c(-c2ccc3c(c2)OCCCO3)n1. The molecule has 3 aromatic rings. The highest BCUT2D eigenvalue weighted by Gasteiger charge is 2.25. The maximum atomic E-state index is 13.3. The van der Waals surface area contributed by atoms with Gasteiger partial charge >= 0.3 is 0 Å². The normalized spacial score (nSPS) is 17.7. The number of hydrogen-bond acceptors (Lipinski definition) is 4. The maximum absolute atomic E-state index is 13.3. The number of aromatic nitrogens is 2. The third-order valence-corrected chi connectivity index (χ3v) is 5.77. The van der Waals surface area contributed by atoms with E-state index in [2.05, 4.69) is 28.6 Å². The molecular weight excluding hydrogens is 378 g/mol. The summed E-state index contributed by atoms with van der Waals surface area (Å²) in [4.78, 5) is 13.3. The molecule has 1 atom stereocenters. The van der Waals surface area contributed by atoms with Gasteiger partial charge in [-0.15, -0.1) is 0 Å². The molecule has 6 heteroatoms. The zero-order valence-corrected chi connectivity index (χ0v) is 17.1. The number of hydrogen-bond donors (Lipinski definition) is 1. The van der Waals surface area contributed by atoms with E-state index in [1.165, 1.54) is 11.1 Å². The molecule has 0 bridgehead atoms. The van der Waals surface area contributed by atoms with Crippen LogP contribution in [0.25, 0.3) is 11.3 Å². The topological polar surface area (TPSA) is 65.4 Å². The molecule has 2 aliphatic rings. The minimum absolute atomic E-state index is 0.0271. The minimum atomic E-state index is -0.105. The molecule has 1 amide bonds. The van der Waals surface area contributed by atoms with Gasteiger partial charge in [-0.3, -0.25) is 9.48 Å². The van der Waals surface area contributed by atoms with E-state index in [0.29, 0.717) is 30.2 Å². The number of carbonyl (C=O) groups excluding carboxylic acids is 1. The van der Waals surface area contributed by atoms with Crippen molar-refractivity contribution in [3.05, 3.63) is 65.4 Å². The van der Waals surface area contributed by atoms with E-state index in [-0.39, 0.29) is 11.9 Å². The summed E-state index contributed by atoms with van der Waals surface area (Å²) in [5.41, 5.74) is 4.60. The number of nitrogens with zero attached hydrogens (tertiary/aromatic N) is 2. The predicted molar refractivity (Wildman–Crippen MR) is 114 cm³/mol. The number of ether oxygens (including phenoxy) is 2. The molecule has 1 aliphatic heterocycles. The Kier molecular flexibility index (Phi) is 4.91. The van der Waals surface area contributed by atoms with Crippen molar-refractivity contribution in [2.45, 2.75) is 31.7 Å². The van der Waals surface area contributed by atoms with Gasteiger partial charge in [0.05, 0.1) is 24.8 Å². The lowest BCUT2D eigenvalue weighted by Crippen LogP contribution is -2.31. The number of nitrogens with one attached hydrogen (secondary N) is 1.